The summed E-state index contributed by atoms with van der Waals surface area (Å²) in [6.07, 6.45) is 3.91. The Morgan fingerprint density at radius 3 is 3.06 bits per heavy atom. The summed E-state index contributed by atoms with van der Waals surface area (Å²) in [5.74, 6) is 0.976. The van der Waals surface area contributed by atoms with Crippen LogP contribution in [0.15, 0.2) is 22.8 Å². The van der Waals surface area contributed by atoms with Crippen molar-refractivity contribution in [3.63, 3.8) is 0 Å². The third-order valence-corrected chi connectivity index (χ3v) is 3.50. The van der Waals surface area contributed by atoms with Crippen molar-refractivity contribution in [2.45, 2.75) is 25.8 Å². The van der Waals surface area contributed by atoms with Gasteiger partial charge in [-0.05, 0) is 53.4 Å². The van der Waals surface area contributed by atoms with Gasteiger partial charge in [0.1, 0.15) is 5.82 Å². The van der Waals surface area contributed by atoms with Gasteiger partial charge in [0.25, 0.3) is 0 Å². The molecule has 0 bridgehead atoms. The fourth-order valence-electron chi connectivity index (χ4n) is 2.05. The third kappa shape index (κ3) is 3.26. The van der Waals surface area contributed by atoms with Crippen LogP contribution in [0.2, 0.25) is 0 Å². The van der Waals surface area contributed by atoms with E-state index >= 15 is 0 Å². The molecule has 2 rings (SSSR count). The molecule has 2 heterocycles. The lowest BCUT2D eigenvalue weighted by Gasteiger charge is -2.28. The molecule has 1 aromatic rings. The van der Waals surface area contributed by atoms with E-state index in [2.05, 4.69) is 38.5 Å². The van der Waals surface area contributed by atoms with Crippen LogP contribution in [0, 0.1) is 5.92 Å². The molecule has 1 aliphatic heterocycles. The largest absolute Gasteiger partial charge is 0.309 e. The second kappa shape index (κ2) is 5.60. The maximum Gasteiger partial charge on any atom is 0.242 e. The van der Waals surface area contributed by atoms with Gasteiger partial charge in [-0.3, -0.25) is 4.79 Å². The Labute approximate surface area is 109 Å². The zero-order valence-corrected chi connectivity index (χ0v) is 11.3. The number of hydrogen-bond donors (Lipinski definition) is 2. The first-order chi connectivity index (χ1) is 8.16. The van der Waals surface area contributed by atoms with Gasteiger partial charge < -0.3 is 10.6 Å². The van der Waals surface area contributed by atoms with E-state index in [4.69, 9.17) is 0 Å². The van der Waals surface area contributed by atoms with Crippen molar-refractivity contribution in [2.75, 3.05) is 11.9 Å². The number of piperidine rings is 1. The van der Waals surface area contributed by atoms with Crippen molar-refractivity contribution in [1.29, 1.82) is 0 Å². The highest BCUT2D eigenvalue weighted by atomic mass is 79.9. The van der Waals surface area contributed by atoms with Crippen LogP contribution in [0.3, 0.4) is 0 Å². The molecular formula is C12H16BrN3O. The Kier molecular flexibility index (Phi) is 4.12. The van der Waals surface area contributed by atoms with Crippen LogP contribution in [0.5, 0.6) is 0 Å². The number of carbonyl (C=O) groups excluding carboxylic acids is 1. The van der Waals surface area contributed by atoms with Gasteiger partial charge in [-0.2, -0.15) is 0 Å². The van der Waals surface area contributed by atoms with E-state index in [1.807, 2.05) is 6.07 Å². The Morgan fingerprint density at radius 1 is 1.59 bits per heavy atom. The number of halogens is 1. The van der Waals surface area contributed by atoms with Gasteiger partial charge in [0.15, 0.2) is 0 Å². The van der Waals surface area contributed by atoms with Gasteiger partial charge in [0.2, 0.25) is 5.91 Å². The summed E-state index contributed by atoms with van der Waals surface area (Å²) >= 11 is 3.31. The lowest BCUT2D eigenvalue weighted by atomic mass is 9.92. The van der Waals surface area contributed by atoms with E-state index in [0.29, 0.717) is 11.7 Å². The average Bonchev–Trinajstić information content (AvgIpc) is 2.32. The summed E-state index contributed by atoms with van der Waals surface area (Å²) in [6, 6.07) is 3.55. The number of rotatable bonds is 2. The Balaban J connectivity index is 1.98. The van der Waals surface area contributed by atoms with Gasteiger partial charge in [0.05, 0.1) is 6.04 Å². The maximum atomic E-state index is 12.0. The average molecular weight is 298 g/mol. The molecular weight excluding hydrogens is 282 g/mol. The zero-order chi connectivity index (χ0) is 12.3. The summed E-state index contributed by atoms with van der Waals surface area (Å²) in [6.45, 7) is 3.02. The predicted octanol–water partition coefficient (Wildman–Crippen LogP) is 2.17. The summed E-state index contributed by atoms with van der Waals surface area (Å²) in [5.41, 5.74) is 0. The molecule has 0 radical (unpaired) electrons. The predicted molar refractivity (Wildman–Crippen MR) is 70.8 cm³/mol. The highest BCUT2D eigenvalue weighted by Crippen LogP contribution is 2.17. The monoisotopic (exact) mass is 297 g/mol. The maximum absolute atomic E-state index is 12.0. The van der Waals surface area contributed by atoms with Gasteiger partial charge in [-0.15, -0.1) is 0 Å². The van der Waals surface area contributed by atoms with E-state index in [-0.39, 0.29) is 11.9 Å². The van der Waals surface area contributed by atoms with E-state index in [1.54, 1.807) is 12.3 Å². The molecule has 92 valence electrons. The number of nitrogens with one attached hydrogen (secondary N) is 2. The lowest BCUT2D eigenvalue weighted by molar-refractivity contribution is -0.119. The van der Waals surface area contributed by atoms with Crippen molar-refractivity contribution < 1.29 is 4.79 Å². The molecule has 5 heteroatoms. The molecule has 2 N–H and O–H groups in total. The van der Waals surface area contributed by atoms with E-state index in [9.17, 15) is 4.79 Å². The minimum absolute atomic E-state index is 0.00650. The van der Waals surface area contributed by atoms with Crippen molar-refractivity contribution in [1.82, 2.24) is 10.3 Å². The zero-order valence-electron chi connectivity index (χ0n) is 9.74. The van der Waals surface area contributed by atoms with Crippen LogP contribution < -0.4 is 10.6 Å². The van der Waals surface area contributed by atoms with Crippen LogP contribution in [0.4, 0.5) is 5.82 Å². The minimum Gasteiger partial charge on any atom is -0.309 e. The smallest absolute Gasteiger partial charge is 0.242 e. The highest BCUT2D eigenvalue weighted by molar-refractivity contribution is 9.10. The normalized spacial score (nSPS) is 24.4. The molecule has 0 saturated carbocycles. The third-order valence-electron chi connectivity index (χ3n) is 3.03. The van der Waals surface area contributed by atoms with Crippen LogP contribution in [0.25, 0.3) is 0 Å². The number of aromatic nitrogens is 1. The van der Waals surface area contributed by atoms with Crippen LogP contribution in [-0.4, -0.2) is 23.5 Å². The fraction of sp³-hybridized carbons (Fsp3) is 0.500. The summed E-state index contributed by atoms with van der Waals surface area (Å²) in [4.78, 5) is 16.2. The van der Waals surface area contributed by atoms with E-state index in [1.165, 1.54) is 0 Å². The standard InChI is InChI=1S/C12H16BrN3O/c1-8-3-2-6-14-11(8)12(17)16-10-5-4-9(13)7-15-10/h4-5,7-8,11,14H,2-3,6H2,1H3,(H,15,16,17). The summed E-state index contributed by atoms with van der Waals surface area (Å²) < 4.78 is 0.902. The fourth-order valence-corrected chi connectivity index (χ4v) is 2.29. The first kappa shape index (κ1) is 12.5. The second-order valence-electron chi connectivity index (χ2n) is 4.40. The van der Waals surface area contributed by atoms with Gasteiger partial charge >= 0.3 is 0 Å². The number of amides is 1. The number of pyridine rings is 1. The first-order valence-electron chi connectivity index (χ1n) is 5.82. The molecule has 1 fully saturated rings. The van der Waals surface area contributed by atoms with Crippen LogP contribution >= 0.6 is 15.9 Å². The number of nitrogens with zero attached hydrogens (tertiary/aromatic N) is 1. The summed E-state index contributed by atoms with van der Waals surface area (Å²) in [5, 5.41) is 6.09. The van der Waals surface area contributed by atoms with E-state index < -0.39 is 0 Å². The molecule has 0 spiro atoms. The second-order valence-corrected chi connectivity index (χ2v) is 5.32. The van der Waals surface area contributed by atoms with Crippen molar-refractivity contribution in [2.24, 2.45) is 5.92 Å². The molecule has 2 atom stereocenters. The Bertz CT molecular complexity index is 393. The molecule has 1 saturated heterocycles. The van der Waals surface area contributed by atoms with Crippen molar-refractivity contribution in [3.8, 4) is 0 Å². The van der Waals surface area contributed by atoms with Crippen molar-refractivity contribution >= 4 is 27.7 Å². The SMILES string of the molecule is CC1CCCNC1C(=O)Nc1ccc(Br)cn1. The first-order valence-corrected chi connectivity index (χ1v) is 6.62. The molecule has 1 aliphatic rings. The lowest BCUT2D eigenvalue weighted by Crippen LogP contribution is -2.48. The van der Waals surface area contributed by atoms with Gasteiger partial charge in [-0.1, -0.05) is 6.92 Å². The topological polar surface area (TPSA) is 54.0 Å². The molecule has 17 heavy (non-hydrogen) atoms. The van der Waals surface area contributed by atoms with Gasteiger partial charge in [-0.25, -0.2) is 4.98 Å². The summed E-state index contributed by atoms with van der Waals surface area (Å²) in [7, 11) is 0. The molecule has 1 amide bonds. The molecule has 2 unspecified atom stereocenters. The minimum atomic E-state index is -0.103. The highest BCUT2D eigenvalue weighted by Gasteiger charge is 2.27. The van der Waals surface area contributed by atoms with Crippen molar-refractivity contribution in [3.05, 3.63) is 22.8 Å². The van der Waals surface area contributed by atoms with E-state index in [0.717, 1.165) is 23.9 Å². The number of carbonyl (C=O) groups is 1. The Morgan fingerprint density at radius 2 is 2.41 bits per heavy atom. The Hall–Kier alpha value is -0.940. The number of anilines is 1. The quantitative estimate of drug-likeness (QED) is 0.880. The van der Waals surface area contributed by atoms with Gasteiger partial charge in [0, 0.05) is 10.7 Å². The van der Waals surface area contributed by atoms with Crippen LogP contribution in [-0.2, 0) is 4.79 Å². The molecule has 0 aliphatic carbocycles. The molecule has 1 aromatic heterocycles. The van der Waals surface area contributed by atoms with Crippen LogP contribution in [0.1, 0.15) is 19.8 Å². The molecule has 0 aromatic carbocycles. The molecule has 4 nitrogen and oxygen atoms in total. The number of hydrogen-bond acceptors (Lipinski definition) is 3.